The number of rotatable bonds is 2. The second-order valence-corrected chi connectivity index (χ2v) is 2.71. The number of nitrogens with one attached hydrogen (secondary N) is 1. The van der Waals surface area contributed by atoms with Crippen molar-refractivity contribution in [2.45, 2.75) is 6.18 Å². The highest BCUT2D eigenvalue weighted by Gasteiger charge is 2.26. The number of nitrogens with two attached hydrogens (primary N) is 1. The van der Waals surface area contributed by atoms with Crippen LogP contribution in [0.4, 0.5) is 24.7 Å². The molecule has 0 aliphatic rings. The van der Waals surface area contributed by atoms with Gasteiger partial charge in [-0.25, -0.2) is 4.98 Å². The van der Waals surface area contributed by atoms with Crippen molar-refractivity contribution in [3.63, 3.8) is 0 Å². The summed E-state index contributed by atoms with van der Waals surface area (Å²) in [5, 5.41) is 10.6. The number of pyridine rings is 1. The topological polar surface area (TPSA) is 74.7 Å². The molecule has 7 heteroatoms. The van der Waals surface area contributed by atoms with E-state index in [1.807, 2.05) is 5.32 Å². The molecule has 0 aromatic carbocycles. The van der Waals surface area contributed by atoms with Crippen LogP contribution < -0.4 is 11.1 Å². The van der Waals surface area contributed by atoms with E-state index >= 15 is 0 Å². The summed E-state index contributed by atoms with van der Waals surface area (Å²) < 4.78 is 35.5. The van der Waals surface area contributed by atoms with Crippen LogP contribution >= 0.6 is 0 Å². The highest BCUT2D eigenvalue weighted by Crippen LogP contribution is 2.17. The van der Waals surface area contributed by atoms with Crippen molar-refractivity contribution in [2.24, 2.45) is 0 Å². The molecule has 0 aliphatic carbocycles. The molecule has 0 bridgehead atoms. The van der Waals surface area contributed by atoms with E-state index in [4.69, 9.17) is 11.0 Å². The molecule has 0 aliphatic heterocycles. The van der Waals surface area contributed by atoms with Gasteiger partial charge in [0.15, 0.2) is 5.69 Å². The van der Waals surface area contributed by atoms with Crippen molar-refractivity contribution < 1.29 is 13.2 Å². The Labute approximate surface area is 83.5 Å². The summed E-state index contributed by atoms with van der Waals surface area (Å²) in [5.74, 6) is -0.0296. The molecule has 1 rings (SSSR count). The molecule has 1 heterocycles. The average molecular weight is 216 g/mol. The molecule has 0 spiro atoms. The van der Waals surface area contributed by atoms with Crippen LogP contribution in [0.3, 0.4) is 0 Å². The highest BCUT2D eigenvalue weighted by molar-refractivity contribution is 5.54. The molecular weight excluding hydrogens is 209 g/mol. The second kappa shape index (κ2) is 4.04. The highest BCUT2D eigenvalue weighted by atomic mass is 19.4. The van der Waals surface area contributed by atoms with Gasteiger partial charge in [0.05, 0.1) is 5.69 Å². The molecule has 0 atom stereocenters. The van der Waals surface area contributed by atoms with E-state index in [0.717, 1.165) is 0 Å². The summed E-state index contributed by atoms with van der Waals surface area (Å²) in [7, 11) is 0. The summed E-state index contributed by atoms with van der Waals surface area (Å²) in [6.45, 7) is -1.20. The Balaban J connectivity index is 2.76. The molecule has 0 saturated heterocycles. The van der Waals surface area contributed by atoms with E-state index in [1.54, 1.807) is 6.07 Å². The fourth-order valence-corrected chi connectivity index (χ4v) is 0.849. The van der Waals surface area contributed by atoms with Gasteiger partial charge in [0.1, 0.15) is 18.4 Å². The number of alkyl halides is 3. The summed E-state index contributed by atoms with van der Waals surface area (Å²) in [6, 6.07) is 4.28. The van der Waals surface area contributed by atoms with Crippen LogP contribution in [0.15, 0.2) is 12.1 Å². The quantitative estimate of drug-likeness (QED) is 0.785. The van der Waals surface area contributed by atoms with Crippen molar-refractivity contribution in [2.75, 3.05) is 17.6 Å². The molecule has 1 aromatic heterocycles. The maximum Gasteiger partial charge on any atom is 0.405 e. The first kappa shape index (κ1) is 11.1. The van der Waals surface area contributed by atoms with Gasteiger partial charge in [0.25, 0.3) is 0 Å². The minimum Gasteiger partial charge on any atom is -0.396 e. The number of nitrogen functional groups attached to an aromatic ring is 1. The van der Waals surface area contributed by atoms with Crippen LogP contribution in [-0.4, -0.2) is 17.7 Å². The first-order valence-corrected chi connectivity index (χ1v) is 3.89. The standard InChI is InChI=1S/C8H7F3N4/c9-8(10,11)4-14-7-2-1-5(13)6(3-12)15-7/h1-2H,4,13H2,(H,14,15). The number of halogens is 3. The van der Waals surface area contributed by atoms with Gasteiger partial charge in [-0.3, -0.25) is 0 Å². The third-order valence-electron chi connectivity index (χ3n) is 1.50. The van der Waals surface area contributed by atoms with Crippen molar-refractivity contribution in [3.05, 3.63) is 17.8 Å². The zero-order valence-electron chi connectivity index (χ0n) is 7.47. The van der Waals surface area contributed by atoms with Crippen molar-refractivity contribution >= 4 is 11.5 Å². The van der Waals surface area contributed by atoms with E-state index in [9.17, 15) is 13.2 Å². The largest absolute Gasteiger partial charge is 0.405 e. The van der Waals surface area contributed by atoms with Gasteiger partial charge < -0.3 is 11.1 Å². The van der Waals surface area contributed by atoms with Crippen LogP contribution in [0, 0.1) is 11.3 Å². The van der Waals surface area contributed by atoms with Gasteiger partial charge in [-0.15, -0.1) is 0 Å². The third kappa shape index (κ3) is 3.34. The lowest BCUT2D eigenvalue weighted by Crippen LogP contribution is -2.21. The SMILES string of the molecule is N#Cc1nc(NCC(F)(F)F)ccc1N. The summed E-state index contributed by atoms with van der Waals surface area (Å²) in [5.41, 5.74) is 5.39. The zero-order valence-corrected chi connectivity index (χ0v) is 7.47. The number of hydrogen-bond acceptors (Lipinski definition) is 4. The Hall–Kier alpha value is -1.97. The fourth-order valence-electron chi connectivity index (χ4n) is 0.849. The first-order valence-electron chi connectivity index (χ1n) is 3.89. The number of nitriles is 1. The van der Waals surface area contributed by atoms with Gasteiger partial charge in [-0.1, -0.05) is 0 Å². The molecule has 4 nitrogen and oxygen atoms in total. The molecule has 1 aromatic rings. The maximum absolute atomic E-state index is 11.8. The molecule has 0 unspecified atom stereocenters. The van der Waals surface area contributed by atoms with Crippen LogP contribution in [0.1, 0.15) is 5.69 Å². The van der Waals surface area contributed by atoms with Gasteiger partial charge in [0, 0.05) is 0 Å². The number of nitrogens with zero attached hydrogens (tertiary/aromatic N) is 2. The Kier molecular flexibility index (Phi) is 2.99. The molecule has 0 radical (unpaired) electrons. The van der Waals surface area contributed by atoms with E-state index in [-0.39, 0.29) is 17.2 Å². The molecular formula is C8H7F3N4. The Bertz CT molecular complexity index is 394. The van der Waals surface area contributed by atoms with Crippen LogP contribution in [0.2, 0.25) is 0 Å². The van der Waals surface area contributed by atoms with Gasteiger partial charge in [-0.2, -0.15) is 18.4 Å². The summed E-state index contributed by atoms with van der Waals surface area (Å²) >= 11 is 0. The molecule has 15 heavy (non-hydrogen) atoms. The van der Waals surface area contributed by atoms with Crippen LogP contribution in [0.25, 0.3) is 0 Å². The van der Waals surface area contributed by atoms with Gasteiger partial charge in [0.2, 0.25) is 0 Å². The third-order valence-corrected chi connectivity index (χ3v) is 1.50. The van der Waals surface area contributed by atoms with Crippen LogP contribution in [-0.2, 0) is 0 Å². The molecule has 0 amide bonds. The van der Waals surface area contributed by atoms with E-state index in [0.29, 0.717) is 0 Å². The Morgan fingerprint density at radius 1 is 1.47 bits per heavy atom. The first-order chi connectivity index (χ1) is 6.92. The van der Waals surface area contributed by atoms with Crippen molar-refractivity contribution in [1.82, 2.24) is 4.98 Å². The zero-order chi connectivity index (χ0) is 11.5. The normalized spacial score (nSPS) is 10.8. The smallest absolute Gasteiger partial charge is 0.396 e. The lowest BCUT2D eigenvalue weighted by molar-refractivity contribution is -0.115. The van der Waals surface area contributed by atoms with Crippen molar-refractivity contribution in [3.8, 4) is 6.07 Å². The monoisotopic (exact) mass is 216 g/mol. The lowest BCUT2D eigenvalue weighted by atomic mass is 10.3. The fraction of sp³-hybridized carbons (Fsp3) is 0.250. The molecule has 80 valence electrons. The second-order valence-electron chi connectivity index (χ2n) is 2.71. The lowest BCUT2D eigenvalue weighted by Gasteiger charge is -2.09. The van der Waals surface area contributed by atoms with E-state index in [2.05, 4.69) is 4.98 Å². The summed E-state index contributed by atoms with van der Waals surface area (Å²) in [6.07, 6.45) is -4.32. The Morgan fingerprint density at radius 3 is 2.67 bits per heavy atom. The van der Waals surface area contributed by atoms with E-state index < -0.39 is 12.7 Å². The van der Waals surface area contributed by atoms with E-state index in [1.165, 1.54) is 12.1 Å². The molecule has 0 fully saturated rings. The molecule has 0 saturated carbocycles. The maximum atomic E-state index is 11.8. The van der Waals surface area contributed by atoms with Gasteiger partial charge in [-0.05, 0) is 12.1 Å². The predicted molar refractivity (Wildman–Crippen MR) is 47.9 cm³/mol. The summed E-state index contributed by atoms with van der Waals surface area (Å²) in [4.78, 5) is 3.60. The molecule has 3 N–H and O–H groups in total. The van der Waals surface area contributed by atoms with Crippen LogP contribution in [0.5, 0.6) is 0 Å². The minimum atomic E-state index is -4.32. The predicted octanol–water partition coefficient (Wildman–Crippen LogP) is 1.51. The van der Waals surface area contributed by atoms with Gasteiger partial charge >= 0.3 is 6.18 Å². The minimum absolute atomic E-state index is 0.0296. The Morgan fingerprint density at radius 2 is 2.13 bits per heavy atom. The number of anilines is 2. The number of hydrogen-bond donors (Lipinski definition) is 2. The van der Waals surface area contributed by atoms with Crippen molar-refractivity contribution in [1.29, 1.82) is 5.26 Å². The number of aromatic nitrogens is 1. The average Bonchev–Trinajstić information content (AvgIpc) is 2.15.